The second-order valence-electron chi connectivity index (χ2n) is 8.36. The summed E-state index contributed by atoms with van der Waals surface area (Å²) < 4.78 is 54.1. The van der Waals surface area contributed by atoms with Crippen LogP contribution in [0.15, 0.2) is 52.1 Å². The van der Waals surface area contributed by atoms with E-state index in [1.165, 1.54) is 26.5 Å². The molecule has 0 saturated carbocycles. The van der Waals surface area contributed by atoms with Crippen molar-refractivity contribution in [2.75, 3.05) is 26.2 Å². The molecule has 1 aliphatic rings. The quantitative estimate of drug-likeness (QED) is 0.585. The molecule has 1 atom stereocenters. The molecule has 180 valence electrons. The van der Waals surface area contributed by atoms with Gasteiger partial charge in [0, 0.05) is 25.7 Å². The molecule has 0 bridgehead atoms. The molecule has 7 nitrogen and oxygen atoms in total. The standard InChI is InChI=1S/C23H22F4N4O3/c1-14-11-29(8-9-30(14)13-23(25,26)27)21(33)17-10-15(6-7-18(17)24)12-31-19-5-3-2-4-16(19)20(32)28-22(31)34/h2-7,10,14H,8-9,11-13H2,1H3,(H,28,32,34)/t14-/m0/s1. The van der Waals surface area contributed by atoms with Crippen molar-refractivity contribution < 1.29 is 22.4 Å². The average Bonchev–Trinajstić information content (AvgIpc) is 2.78. The summed E-state index contributed by atoms with van der Waals surface area (Å²) in [7, 11) is 0. The van der Waals surface area contributed by atoms with Gasteiger partial charge >= 0.3 is 11.9 Å². The first-order valence-corrected chi connectivity index (χ1v) is 10.6. The number of aromatic amines is 1. The van der Waals surface area contributed by atoms with Gasteiger partial charge in [-0.15, -0.1) is 0 Å². The molecule has 1 saturated heterocycles. The molecule has 0 unspecified atom stereocenters. The zero-order chi connectivity index (χ0) is 24.6. The average molecular weight is 478 g/mol. The number of halogens is 4. The fourth-order valence-electron chi connectivity index (χ4n) is 4.23. The van der Waals surface area contributed by atoms with Gasteiger partial charge in [0.05, 0.1) is 29.6 Å². The van der Waals surface area contributed by atoms with E-state index in [0.29, 0.717) is 16.5 Å². The van der Waals surface area contributed by atoms with Crippen LogP contribution in [0.2, 0.25) is 0 Å². The summed E-state index contributed by atoms with van der Waals surface area (Å²) in [5, 5.41) is 0.311. The van der Waals surface area contributed by atoms with Crippen molar-refractivity contribution in [1.82, 2.24) is 19.4 Å². The van der Waals surface area contributed by atoms with E-state index in [0.717, 1.165) is 6.07 Å². The maximum absolute atomic E-state index is 14.6. The van der Waals surface area contributed by atoms with Crippen LogP contribution in [0, 0.1) is 5.82 Å². The fourth-order valence-corrected chi connectivity index (χ4v) is 4.23. The smallest absolute Gasteiger partial charge is 0.336 e. The third-order valence-electron chi connectivity index (χ3n) is 5.94. The fraction of sp³-hybridized carbons (Fsp3) is 0.348. The summed E-state index contributed by atoms with van der Waals surface area (Å²) in [4.78, 5) is 42.3. The third-order valence-corrected chi connectivity index (χ3v) is 5.94. The SMILES string of the molecule is C[C@H]1CN(C(=O)c2cc(Cn3c(=O)[nH]c(=O)c4ccccc43)ccc2F)CCN1CC(F)(F)F. The highest BCUT2D eigenvalue weighted by Crippen LogP contribution is 2.22. The van der Waals surface area contributed by atoms with E-state index in [1.54, 1.807) is 31.2 Å². The molecule has 0 radical (unpaired) electrons. The van der Waals surface area contributed by atoms with Crippen LogP contribution >= 0.6 is 0 Å². The molecular weight excluding hydrogens is 456 g/mol. The summed E-state index contributed by atoms with van der Waals surface area (Å²) in [5.41, 5.74) is -0.548. The topological polar surface area (TPSA) is 78.4 Å². The monoisotopic (exact) mass is 478 g/mol. The molecule has 0 spiro atoms. The number of amides is 1. The Balaban J connectivity index is 1.58. The zero-order valence-electron chi connectivity index (χ0n) is 18.2. The lowest BCUT2D eigenvalue weighted by atomic mass is 10.1. The van der Waals surface area contributed by atoms with E-state index in [4.69, 9.17) is 0 Å². The van der Waals surface area contributed by atoms with Crippen molar-refractivity contribution in [3.05, 3.63) is 80.2 Å². The molecule has 0 aliphatic carbocycles. The molecule has 3 aromatic rings. The maximum Gasteiger partial charge on any atom is 0.401 e. The minimum absolute atomic E-state index is 0.0203. The van der Waals surface area contributed by atoms with E-state index in [9.17, 15) is 31.9 Å². The Bertz CT molecular complexity index is 1350. The molecule has 1 fully saturated rings. The molecule has 11 heteroatoms. The Morgan fingerprint density at radius 1 is 1.12 bits per heavy atom. The van der Waals surface area contributed by atoms with E-state index < -0.39 is 41.7 Å². The number of fused-ring (bicyclic) bond motifs is 1. The third kappa shape index (κ3) is 4.89. The Kier molecular flexibility index (Phi) is 6.30. The minimum atomic E-state index is -4.34. The summed E-state index contributed by atoms with van der Waals surface area (Å²) in [6.07, 6.45) is -4.34. The van der Waals surface area contributed by atoms with Gasteiger partial charge in [-0.25, -0.2) is 9.18 Å². The second kappa shape index (κ2) is 9.05. The van der Waals surface area contributed by atoms with Gasteiger partial charge in [-0.3, -0.25) is 24.0 Å². The molecule has 34 heavy (non-hydrogen) atoms. The summed E-state index contributed by atoms with van der Waals surface area (Å²) in [6.45, 7) is 0.585. The minimum Gasteiger partial charge on any atom is -0.336 e. The number of hydrogen-bond acceptors (Lipinski definition) is 4. The van der Waals surface area contributed by atoms with Crippen LogP contribution in [0.25, 0.3) is 10.9 Å². The summed E-state index contributed by atoms with van der Waals surface area (Å²) in [6, 6.07) is 9.86. The highest BCUT2D eigenvalue weighted by atomic mass is 19.4. The molecule has 1 aliphatic heterocycles. The van der Waals surface area contributed by atoms with E-state index >= 15 is 0 Å². The summed E-state index contributed by atoms with van der Waals surface area (Å²) in [5.74, 6) is -1.39. The normalized spacial score (nSPS) is 17.3. The Morgan fingerprint density at radius 2 is 1.85 bits per heavy atom. The lowest BCUT2D eigenvalue weighted by molar-refractivity contribution is -0.153. The number of carbonyl (C=O) groups excluding carboxylic acids is 1. The van der Waals surface area contributed by atoms with E-state index in [1.807, 2.05) is 0 Å². The lowest BCUT2D eigenvalue weighted by Crippen LogP contribution is -2.55. The van der Waals surface area contributed by atoms with Gasteiger partial charge in [0.1, 0.15) is 5.82 Å². The number of rotatable bonds is 4. The van der Waals surface area contributed by atoms with Gasteiger partial charge in [-0.1, -0.05) is 18.2 Å². The van der Waals surface area contributed by atoms with Crippen molar-refractivity contribution in [3.8, 4) is 0 Å². The van der Waals surface area contributed by atoms with Gasteiger partial charge in [-0.05, 0) is 36.8 Å². The predicted molar refractivity (Wildman–Crippen MR) is 117 cm³/mol. The van der Waals surface area contributed by atoms with Crippen LogP contribution in [0.5, 0.6) is 0 Å². The van der Waals surface area contributed by atoms with Crippen molar-refractivity contribution in [1.29, 1.82) is 0 Å². The number of alkyl halides is 3. The Hall–Kier alpha value is -3.47. The molecule has 1 aromatic heterocycles. The molecule has 1 amide bonds. The number of benzene rings is 2. The van der Waals surface area contributed by atoms with Crippen LogP contribution < -0.4 is 11.2 Å². The number of nitrogens with one attached hydrogen (secondary N) is 1. The summed E-state index contributed by atoms with van der Waals surface area (Å²) >= 11 is 0. The van der Waals surface area contributed by atoms with Crippen LogP contribution in [-0.4, -0.2) is 63.7 Å². The first-order valence-electron chi connectivity index (χ1n) is 10.6. The van der Waals surface area contributed by atoms with Gasteiger partial charge < -0.3 is 4.90 Å². The van der Waals surface area contributed by atoms with Crippen LogP contribution in [0.4, 0.5) is 17.6 Å². The van der Waals surface area contributed by atoms with Crippen LogP contribution in [-0.2, 0) is 6.54 Å². The van der Waals surface area contributed by atoms with Crippen LogP contribution in [0.3, 0.4) is 0 Å². The molecule has 4 rings (SSSR count). The zero-order valence-corrected chi connectivity index (χ0v) is 18.2. The second-order valence-corrected chi connectivity index (χ2v) is 8.36. The van der Waals surface area contributed by atoms with Crippen molar-refractivity contribution in [2.45, 2.75) is 25.7 Å². The van der Waals surface area contributed by atoms with E-state index in [-0.39, 0.29) is 31.7 Å². The van der Waals surface area contributed by atoms with E-state index in [2.05, 4.69) is 4.98 Å². The predicted octanol–water partition coefficient (Wildman–Crippen LogP) is 2.59. The van der Waals surface area contributed by atoms with Gasteiger partial charge in [0.2, 0.25) is 0 Å². The number of H-pyrrole nitrogens is 1. The van der Waals surface area contributed by atoms with Crippen molar-refractivity contribution >= 4 is 16.8 Å². The first kappa shape index (κ1) is 23.7. The van der Waals surface area contributed by atoms with Crippen molar-refractivity contribution in [3.63, 3.8) is 0 Å². The van der Waals surface area contributed by atoms with Gasteiger partial charge in [0.25, 0.3) is 11.5 Å². The number of para-hydroxylation sites is 1. The Morgan fingerprint density at radius 3 is 2.56 bits per heavy atom. The maximum atomic E-state index is 14.6. The molecule has 2 heterocycles. The largest absolute Gasteiger partial charge is 0.401 e. The lowest BCUT2D eigenvalue weighted by Gasteiger charge is -2.40. The number of nitrogens with zero attached hydrogens (tertiary/aromatic N) is 3. The highest BCUT2D eigenvalue weighted by molar-refractivity contribution is 5.94. The molecule has 2 aromatic carbocycles. The number of piperazine rings is 1. The molecule has 1 N–H and O–H groups in total. The number of aromatic nitrogens is 2. The van der Waals surface area contributed by atoms with Gasteiger partial charge in [0.15, 0.2) is 0 Å². The molecular formula is C23H22F4N4O3. The van der Waals surface area contributed by atoms with Crippen LogP contribution in [0.1, 0.15) is 22.8 Å². The Labute approximate surface area is 191 Å². The number of carbonyl (C=O) groups is 1. The first-order chi connectivity index (χ1) is 16.0. The van der Waals surface area contributed by atoms with Crippen molar-refractivity contribution in [2.24, 2.45) is 0 Å². The van der Waals surface area contributed by atoms with Gasteiger partial charge in [-0.2, -0.15) is 13.2 Å². The number of hydrogen-bond donors (Lipinski definition) is 1. The highest BCUT2D eigenvalue weighted by Gasteiger charge is 2.36.